The van der Waals surface area contributed by atoms with Gasteiger partial charge in [-0.05, 0) is 0 Å². The fourth-order valence-electron chi connectivity index (χ4n) is 0.0833. The van der Waals surface area contributed by atoms with Crippen LogP contribution in [0.25, 0.3) is 0 Å². The van der Waals surface area contributed by atoms with E-state index in [2.05, 4.69) is 0 Å². The van der Waals surface area contributed by atoms with Crippen LogP contribution in [0.2, 0.25) is 0 Å². The van der Waals surface area contributed by atoms with Crippen LogP contribution in [0.1, 0.15) is 6.92 Å². The summed E-state index contributed by atoms with van der Waals surface area (Å²) in [6, 6.07) is 0. The standard InChI is InChI=1S/C3H7NOS/c1-2-6(5)3-4/h3-4H,2H2,1H3. The van der Waals surface area contributed by atoms with Gasteiger partial charge in [-0.3, -0.25) is 9.62 Å². The molecule has 0 rings (SSSR count). The predicted octanol–water partition coefficient (Wildman–Crippen LogP) is 0.362. The third-order valence-electron chi connectivity index (χ3n) is 0.416. The Labute approximate surface area is 39.5 Å². The number of hydrogen-bond donors (Lipinski definition) is 1. The molecule has 0 spiro atoms. The van der Waals surface area contributed by atoms with Gasteiger partial charge in [0.05, 0.1) is 16.3 Å². The van der Waals surface area contributed by atoms with Crippen LogP contribution in [0.3, 0.4) is 0 Å². The van der Waals surface area contributed by atoms with Crippen molar-refractivity contribution in [2.45, 2.75) is 6.92 Å². The highest BCUT2D eigenvalue weighted by Crippen LogP contribution is 1.68. The largest absolute Gasteiger partial charge is 0.299 e. The van der Waals surface area contributed by atoms with Crippen molar-refractivity contribution in [1.29, 1.82) is 5.41 Å². The normalized spacial score (nSPS) is 13.5. The average molecular weight is 105 g/mol. The third kappa shape index (κ3) is 2.08. The van der Waals surface area contributed by atoms with E-state index in [0.29, 0.717) is 5.75 Å². The van der Waals surface area contributed by atoms with Gasteiger partial charge in [0.1, 0.15) is 0 Å². The molecule has 1 atom stereocenters. The summed E-state index contributed by atoms with van der Waals surface area (Å²) in [6.45, 7) is 1.78. The smallest absolute Gasteiger partial charge is 0.0818 e. The molecule has 1 N–H and O–H groups in total. The van der Waals surface area contributed by atoms with Crippen LogP contribution in [-0.4, -0.2) is 15.5 Å². The first-order valence-corrected chi connectivity index (χ1v) is 3.07. The lowest BCUT2D eigenvalue weighted by atomic mass is 11.0. The van der Waals surface area contributed by atoms with Crippen LogP contribution in [0, 0.1) is 5.41 Å². The minimum absolute atomic E-state index is 0.559. The summed E-state index contributed by atoms with van der Waals surface area (Å²) < 4.78 is 10.0. The van der Waals surface area contributed by atoms with Crippen molar-refractivity contribution in [3.05, 3.63) is 0 Å². The van der Waals surface area contributed by atoms with Gasteiger partial charge in [-0.2, -0.15) is 0 Å². The van der Waals surface area contributed by atoms with Crippen molar-refractivity contribution >= 4 is 16.3 Å². The molecule has 0 heterocycles. The molecule has 0 aromatic heterocycles. The molecule has 3 heteroatoms. The lowest BCUT2D eigenvalue weighted by Crippen LogP contribution is -1.89. The van der Waals surface area contributed by atoms with E-state index >= 15 is 0 Å². The van der Waals surface area contributed by atoms with Gasteiger partial charge in [0.2, 0.25) is 0 Å². The summed E-state index contributed by atoms with van der Waals surface area (Å²) in [6.07, 6.45) is 0. The lowest BCUT2D eigenvalue weighted by molar-refractivity contribution is 0.691. The van der Waals surface area contributed by atoms with Crippen LogP contribution in [0.15, 0.2) is 0 Å². The average Bonchev–Trinajstić information content (AvgIpc) is 1.65. The van der Waals surface area contributed by atoms with Crippen LogP contribution in [-0.2, 0) is 10.8 Å². The van der Waals surface area contributed by atoms with E-state index in [1.54, 1.807) is 6.92 Å². The first-order chi connectivity index (χ1) is 2.81. The van der Waals surface area contributed by atoms with Gasteiger partial charge in [0, 0.05) is 5.75 Å². The van der Waals surface area contributed by atoms with Gasteiger partial charge in [-0.1, -0.05) is 6.92 Å². The molecule has 0 aromatic carbocycles. The van der Waals surface area contributed by atoms with E-state index in [9.17, 15) is 4.21 Å². The fraction of sp³-hybridized carbons (Fsp3) is 0.667. The fourth-order valence-corrected chi connectivity index (χ4v) is 0.250. The molecule has 0 aliphatic rings. The van der Waals surface area contributed by atoms with E-state index in [0.717, 1.165) is 5.55 Å². The molecular weight excluding hydrogens is 98.1 g/mol. The minimum Gasteiger partial charge on any atom is -0.299 e. The molecule has 6 heavy (non-hydrogen) atoms. The highest BCUT2D eigenvalue weighted by molar-refractivity contribution is 7.98. The Morgan fingerprint density at radius 2 is 2.50 bits per heavy atom. The van der Waals surface area contributed by atoms with Crippen molar-refractivity contribution in [3.8, 4) is 0 Å². The third-order valence-corrected chi connectivity index (χ3v) is 1.25. The zero-order valence-corrected chi connectivity index (χ0v) is 4.42. The molecule has 0 amide bonds. The SMILES string of the molecule is CCS(=O)C=N. The van der Waals surface area contributed by atoms with E-state index in [1.807, 2.05) is 0 Å². The number of rotatable bonds is 2. The molecular formula is C3H7NOS. The first-order valence-electron chi connectivity index (χ1n) is 1.69. The monoisotopic (exact) mass is 105 g/mol. The van der Waals surface area contributed by atoms with Gasteiger partial charge >= 0.3 is 0 Å². The minimum atomic E-state index is -0.992. The first kappa shape index (κ1) is 5.82. The molecule has 2 nitrogen and oxygen atoms in total. The van der Waals surface area contributed by atoms with Crippen LogP contribution < -0.4 is 0 Å². The zero-order valence-electron chi connectivity index (χ0n) is 3.60. The quantitative estimate of drug-likeness (QED) is 0.400. The topological polar surface area (TPSA) is 40.9 Å². The van der Waals surface area contributed by atoms with Crippen molar-refractivity contribution < 1.29 is 4.21 Å². The molecule has 36 valence electrons. The Morgan fingerprint density at radius 3 is 2.50 bits per heavy atom. The summed E-state index contributed by atoms with van der Waals surface area (Å²) in [4.78, 5) is 0. The Hall–Kier alpha value is -0.180. The number of hydrogen-bond acceptors (Lipinski definition) is 2. The van der Waals surface area contributed by atoms with Crippen molar-refractivity contribution in [1.82, 2.24) is 0 Å². The van der Waals surface area contributed by atoms with Crippen molar-refractivity contribution in [2.24, 2.45) is 0 Å². The summed E-state index contributed by atoms with van der Waals surface area (Å²) in [5.74, 6) is 0.559. The Bertz CT molecular complexity index is 71.2. The molecule has 1 unspecified atom stereocenters. The van der Waals surface area contributed by atoms with E-state index < -0.39 is 10.8 Å². The van der Waals surface area contributed by atoms with Crippen molar-refractivity contribution in [2.75, 3.05) is 5.75 Å². The summed E-state index contributed by atoms with van der Waals surface area (Å²) in [7, 11) is -0.992. The highest BCUT2D eigenvalue weighted by atomic mass is 32.2. The molecule has 0 aliphatic heterocycles. The molecule has 0 radical (unpaired) electrons. The van der Waals surface area contributed by atoms with Crippen LogP contribution >= 0.6 is 0 Å². The van der Waals surface area contributed by atoms with Gasteiger partial charge < -0.3 is 0 Å². The predicted molar refractivity (Wildman–Crippen MR) is 27.5 cm³/mol. The Kier molecular flexibility index (Phi) is 2.94. The Morgan fingerprint density at radius 1 is 2.00 bits per heavy atom. The van der Waals surface area contributed by atoms with E-state index in [1.165, 1.54) is 0 Å². The number of nitrogens with one attached hydrogen (secondary N) is 1. The summed E-state index contributed by atoms with van der Waals surface area (Å²) in [5, 5.41) is 6.38. The maximum atomic E-state index is 10.0. The van der Waals surface area contributed by atoms with Gasteiger partial charge in [0.15, 0.2) is 0 Å². The second kappa shape index (κ2) is 3.03. The van der Waals surface area contributed by atoms with Crippen molar-refractivity contribution in [3.63, 3.8) is 0 Å². The lowest BCUT2D eigenvalue weighted by Gasteiger charge is -1.76. The zero-order chi connectivity index (χ0) is 4.99. The Balaban J connectivity index is 3.23. The maximum Gasteiger partial charge on any atom is 0.0818 e. The van der Waals surface area contributed by atoms with Crippen LogP contribution in [0.5, 0.6) is 0 Å². The summed E-state index contributed by atoms with van der Waals surface area (Å²) in [5.41, 5.74) is 0.944. The molecule has 0 fully saturated rings. The van der Waals surface area contributed by atoms with Crippen LogP contribution in [0.4, 0.5) is 0 Å². The second-order valence-corrected chi connectivity index (χ2v) is 2.36. The molecule has 0 aliphatic carbocycles. The molecule has 0 saturated heterocycles. The van der Waals surface area contributed by atoms with E-state index in [-0.39, 0.29) is 0 Å². The molecule has 0 aromatic rings. The highest BCUT2D eigenvalue weighted by Gasteiger charge is 1.80. The molecule has 0 bridgehead atoms. The molecule has 0 saturated carbocycles. The maximum absolute atomic E-state index is 10.0. The summed E-state index contributed by atoms with van der Waals surface area (Å²) >= 11 is 0. The van der Waals surface area contributed by atoms with Gasteiger partial charge in [-0.25, -0.2) is 0 Å². The van der Waals surface area contributed by atoms with E-state index in [4.69, 9.17) is 5.41 Å². The van der Waals surface area contributed by atoms with Gasteiger partial charge in [0.25, 0.3) is 0 Å². The second-order valence-electron chi connectivity index (χ2n) is 0.787. The van der Waals surface area contributed by atoms with Gasteiger partial charge in [-0.15, -0.1) is 0 Å².